The highest BCUT2D eigenvalue weighted by Crippen LogP contribution is 2.24. The maximum atomic E-state index is 12.6. The van der Waals surface area contributed by atoms with E-state index in [-0.39, 0.29) is 11.6 Å². The molecule has 3 N–H and O–H groups in total. The fourth-order valence-corrected chi connectivity index (χ4v) is 3.82. The molecule has 4 rings (SSSR count). The molecule has 0 aromatic carbocycles. The van der Waals surface area contributed by atoms with Gasteiger partial charge in [-0.05, 0) is 31.2 Å². The number of fused-ring (bicyclic) bond motifs is 2. The van der Waals surface area contributed by atoms with E-state index in [4.69, 9.17) is 0 Å². The second-order valence-electron chi connectivity index (χ2n) is 6.73. The Kier molecular flexibility index (Phi) is 4.03. The van der Waals surface area contributed by atoms with Crippen molar-refractivity contribution in [2.45, 2.75) is 51.5 Å². The summed E-state index contributed by atoms with van der Waals surface area (Å²) in [5, 5.41) is 23.3. The number of aromatic carboxylic acids is 1. The molecule has 0 unspecified atom stereocenters. The molecule has 2 aromatic heterocycles. The van der Waals surface area contributed by atoms with Gasteiger partial charge in [0.1, 0.15) is 0 Å². The zero-order chi connectivity index (χ0) is 17.4. The molecule has 132 valence electrons. The van der Waals surface area contributed by atoms with Crippen molar-refractivity contribution in [1.82, 2.24) is 25.3 Å². The number of hydrogen-bond acceptors (Lipinski definition) is 4. The number of hydrogen-bond donors (Lipinski definition) is 3. The van der Waals surface area contributed by atoms with E-state index < -0.39 is 5.97 Å². The van der Waals surface area contributed by atoms with Gasteiger partial charge in [0.05, 0.1) is 5.69 Å². The predicted molar refractivity (Wildman–Crippen MR) is 88.2 cm³/mol. The number of carboxylic acids is 1. The van der Waals surface area contributed by atoms with Crippen molar-refractivity contribution in [2.24, 2.45) is 0 Å². The van der Waals surface area contributed by atoms with Gasteiger partial charge in [0.25, 0.3) is 0 Å². The van der Waals surface area contributed by atoms with Crippen LogP contribution in [0.3, 0.4) is 0 Å². The molecule has 0 radical (unpaired) electrons. The van der Waals surface area contributed by atoms with Gasteiger partial charge in [-0.2, -0.15) is 10.2 Å². The van der Waals surface area contributed by atoms with E-state index in [1.165, 1.54) is 24.1 Å². The molecule has 2 aliphatic rings. The summed E-state index contributed by atoms with van der Waals surface area (Å²) in [6.45, 7) is 0.900. The molecule has 0 atom stereocenters. The first kappa shape index (κ1) is 15.9. The zero-order valence-electron chi connectivity index (χ0n) is 14.0. The van der Waals surface area contributed by atoms with E-state index in [1.54, 1.807) is 4.90 Å². The second-order valence-corrected chi connectivity index (χ2v) is 6.73. The molecule has 0 spiro atoms. The molecule has 0 saturated heterocycles. The van der Waals surface area contributed by atoms with Crippen molar-refractivity contribution >= 4 is 11.9 Å². The standard InChI is InChI=1S/C17H21N5O3/c23-15(6-5-13-10-3-1-2-4-12(10)18-19-13)22-8-7-14-11(9-22)16(17(24)25)21-20-14/h1-9H2,(H,18,19)(H,20,21)(H,24,25). The maximum Gasteiger partial charge on any atom is 0.356 e. The van der Waals surface area contributed by atoms with Gasteiger partial charge in [0, 0.05) is 49.3 Å². The number of nitrogens with zero attached hydrogens (tertiary/aromatic N) is 3. The molecule has 1 aliphatic heterocycles. The lowest BCUT2D eigenvalue weighted by molar-refractivity contribution is -0.132. The van der Waals surface area contributed by atoms with Crippen LogP contribution in [0.15, 0.2) is 0 Å². The van der Waals surface area contributed by atoms with Crippen LogP contribution in [0.2, 0.25) is 0 Å². The van der Waals surface area contributed by atoms with Crippen molar-refractivity contribution in [1.29, 1.82) is 0 Å². The SMILES string of the molecule is O=C(O)c1n[nH]c2c1CN(C(=O)CCc1n[nH]c3c1CCCC3)CC2. The third kappa shape index (κ3) is 2.92. The largest absolute Gasteiger partial charge is 0.476 e. The molecule has 0 saturated carbocycles. The number of aromatic amines is 2. The highest BCUT2D eigenvalue weighted by molar-refractivity contribution is 5.87. The fraction of sp³-hybridized carbons (Fsp3) is 0.529. The minimum absolute atomic E-state index is 0.0221. The van der Waals surface area contributed by atoms with Crippen molar-refractivity contribution < 1.29 is 14.7 Å². The van der Waals surface area contributed by atoms with E-state index in [2.05, 4.69) is 20.4 Å². The van der Waals surface area contributed by atoms with Gasteiger partial charge in [0.2, 0.25) is 5.91 Å². The Morgan fingerprint density at radius 1 is 1.04 bits per heavy atom. The van der Waals surface area contributed by atoms with Crippen LogP contribution in [0, 0.1) is 0 Å². The molecular weight excluding hydrogens is 322 g/mol. The van der Waals surface area contributed by atoms with Crippen molar-refractivity contribution in [3.05, 3.63) is 33.9 Å². The third-order valence-electron chi connectivity index (χ3n) is 5.21. The zero-order valence-corrected chi connectivity index (χ0v) is 14.0. The number of amides is 1. The summed E-state index contributed by atoms with van der Waals surface area (Å²) in [5.74, 6) is -1.02. The maximum absolute atomic E-state index is 12.6. The summed E-state index contributed by atoms with van der Waals surface area (Å²) in [7, 11) is 0. The van der Waals surface area contributed by atoms with Crippen LogP contribution in [0.25, 0.3) is 0 Å². The lowest BCUT2D eigenvalue weighted by atomic mass is 9.94. The molecule has 8 heteroatoms. The normalized spacial score (nSPS) is 16.4. The highest BCUT2D eigenvalue weighted by Gasteiger charge is 2.27. The summed E-state index contributed by atoms with van der Waals surface area (Å²) in [5.41, 5.74) is 5.00. The van der Waals surface area contributed by atoms with Crippen LogP contribution in [0.4, 0.5) is 0 Å². The average Bonchev–Trinajstić information content (AvgIpc) is 3.23. The molecule has 2 aromatic rings. The number of aromatic nitrogens is 4. The van der Waals surface area contributed by atoms with Crippen LogP contribution in [-0.4, -0.2) is 48.8 Å². The Balaban J connectivity index is 1.41. The monoisotopic (exact) mass is 343 g/mol. The molecule has 25 heavy (non-hydrogen) atoms. The molecule has 0 fully saturated rings. The fourth-order valence-electron chi connectivity index (χ4n) is 3.82. The number of H-pyrrole nitrogens is 2. The molecule has 8 nitrogen and oxygen atoms in total. The Morgan fingerprint density at radius 2 is 1.80 bits per heavy atom. The first-order valence-corrected chi connectivity index (χ1v) is 8.75. The highest BCUT2D eigenvalue weighted by atomic mass is 16.4. The number of carbonyl (C=O) groups excluding carboxylic acids is 1. The summed E-state index contributed by atoms with van der Waals surface area (Å²) < 4.78 is 0. The van der Waals surface area contributed by atoms with Crippen LogP contribution < -0.4 is 0 Å². The van der Waals surface area contributed by atoms with Gasteiger partial charge >= 0.3 is 5.97 Å². The van der Waals surface area contributed by atoms with Gasteiger partial charge in [0.15, 0.2) is 5.69 Å². The summed E-state index contributed by atoms with van der Waals surface area (Å²) in [4.78, 5) is 25.5. The van der Waals surface area contributed by atoms with Crippen molar-refractivity contribution in [3.8, 4) is 0 Å². The van der Waals surface area contributed by atoms with E-state index in [0.29, 0.717) is 37.9 Å². The van der Waals surface area contributed by atoms with E-state index in [0.717, 1.165) is 24.2 Å². The molecule has 1 aliphatic carbocycles. The summed E-state index contributed by atoms with van der Waals surface area (Å²) in [6, 6.07) is 0. The van der Waals surface area contributed by atoms with Crippen molar-refractivity contribution in [3.63, 3.8) is 0 Å². The van der Waals surface area contributed by atoms with Crippen LogP contribution in [-0.2, 0) is 37.0 Å². The van der Waals surface area contributed by atoms with E-state index in [1.807, 2.05) is 0 Å². The van der Waals surface area contributed by atoms with Gasteiger partial charge in [-0.3, -0.25) is 15.0 Å². The van der Waals surface area contributed by atoms with Gasteiger partial charge in [-0.15, -0.1) is 0 Å². The minimum Gasteiger partial charge on any atom is -0.476 e. The van der Waals surface area contributed by atoms with E-state index in [9.17, 15) is 14.7 Å². The molecule has 0 bridgehead atoms. The van der Waals surface area contributed by atoms with Gasteiger partial charge in [-0.25, -0.2) is 4.79 Å². The van der Waals surface area contributed by atoms with Crippen molar-refractivity contribution in [2.75, 3.05) is 6.54 Å². The first-order valence-electron chi connectivity index (χ1n) is 8.75. The number of aryl methyl sites for hydroxylation is 2. The molecular formula is C17H21N5O3. The van der Waals surface area contributed by atoms with E-state index >= 15 is 0 Å². The smallest absolute Gasteiger partial charge is 0.356 e. The van der Waals surface area contributed by atoms with Gasteiger partial charge < -0.3 is 10.0 Å². The number of carbonyl (C=O) groups is 2. The Bertz CT molecular complexity index is 822. The van der Waals surface area contributed by atoms with Gasteiger partial charge in [-0.1, -0.05) is 0 Å². The second kappa shape index (κ2) is 6.34. The van der Waals surface area contributed by atoms with Crippen LogP contribution >= 0.6 is 0 Å². The average molecular weight is 343 g/mol. The number of rotatable bonds is 4. The lowest BCUT2D eigenvalue weighted by Crippen LogP contribution is -2.36. The molecule has 1 amide bonds. The first-order chi connectivity index (χ1) is 12.1. The summed E-state index contributed by atoms with van der Waals surface area (Å²) >= 11 is 0. The predicted octanol–water partition coefficient (Wildman–Crippen LogP) is 1.23. The molecule has 3 heterocycles. The quantitative estimate of drug-likeness (QED) is 0.772. The minimum atomic E-state index is -1.06. The number of nitrogens with one attached hydrogen (secondary N) is 2. The summed E-state index contributed by atoms with van der Waals surface area (Å²) in [6.07, 6.45) is 6.10. The number of carboxylic acid groups (broad SMARTS) is 1. The Morgan fingerprint density at radius 3 is 2.64 bits per heavy atom. The Hall–Kier alpha value is -2.64. The van der Waals surface area contributed by atoms with Crippen LogP contribution in [0.1, 0.15) is 58.0 Å². The Labute approximate surface area is 144 Å². The van der Waals surface area contributed by atoms with Crippen LogP contribution in [0.5, 0.6) is 0 Å². The third-order valence-corrected chi connectivity index (χ3v) is 5.21. The lowest BCUT2D eigenvalue weighted by Gasteiger charge is -2.27. The topological polar surface area (TPSA) is 115 Å².